The molecule has 2 aliphatic rings. The van der Waals surface area contributed by atoms with Gasteiger partial charge in [0, 0.05) is 32.2 Å². The Bertz CT molecular complexity index is 494. The van der Waals surface area contributed by atoms with E-state index in [4.69, 9.17) is 9.15 Å². The van der Waals surface area contributed by atoms with E-state index < -0.39 is 0 Å². The molecule has 134 valence electrons. The van der Waals surface area contributed by atoms with Gasteiger partial charge in [0.05, 0.1) is 18.9 Å². The molecule has 1 aromatic heterocycles. The maximum Gasteiger partial charge on any atom is 0.317 e. The van der Waals surface area contributed by atoms with Crippen LogP contribution in [-0.4, -0.2) is 61.8 Å². The molecule has 2 unspecified atom stereocenters. The van der Waals surface area contributed by atoms with Gasteiger partial charge >= 0.3 is 6.03 Å². The van der Waals surface area contributed by atoms with E-state index in [1.807, 2.05) is 24.0 Å². The van der Waals surface area contributed by atoms with E-state index >= 15 is 0 Å². The van der Waals surface area contributed by atoms with E-state index in [0.29, 0.717) is 12.5 Å². The van der Waals surface area contributed by atoms with Gasteiger partial charge in [0.2, 0.25) is 0 Å². The second-order valence-corrected chi connectivity index (χ2v) is 6.73. The van der Waals surface area contributed by atoms with Gasteiger partial charge in [0.1, 0.15) is 5.76 Å². The van der Waals surface area contributed by atoms with Crippen molar-refractivity contribution in [2.45, 2.75) is 32.2 Å². The van der Waals surface area contributed by atoms with Gasteiger partial charge in [-0.05, 0) is 51.4 Å². The molecule has 6 nitrogen and oxygen atoms in total. The van der Waals surface area contributed by atoms with E-state index in [1.165, 1.54) is 12.8 Å². The first-order valence-corrected chi connectivity index (χ1v) is 9.16. The Kier molecular flexibility index (Phi) is 6.15. The van der Waals surface area contributed by atoms with E-state index in [-0.39, 0.29) is 12.1 Å². The molecule has 0 aliphatic carbocycles. The molecule has 24 heavy (non-hydrogen) atoms. The number of amides is 2. The number of urea groups is 1. The van der Waals surface area contributed by atoms with E-state index in [9.17, 15) is 4.79 Å². The average Bonchev–Trinajstić information content (AvgIpc) is 3.34. The lowest BCUT2D eigenvalue weighted by atomic mass is 10.1. The summed E-state index contributed by atoms with van der Waals surface area (Å²) in [4.78, 5) is 16.9. The smallest absolute Gasteiger partial charge is 0.317 e. The van der Waals surface area contributed by atoms with E-state index in [2.05, 4.69) is 10.2 Å². The lowest BCUT2D eigenvalue weighted by Gasteiger charge is -2.28. The Morgan fingerprint density at radius 1 is 1.46 bits per heavy atom. The summed E-state index contributed by atoms with van der Waals surface area (Å²) in [6, 6.07) is 4.06. The third kappa shape index (κ3) is 4.30. The lowest BCUT2D eigenvalue weighted by Crippen LogP contribution is -2.45. The highest BCUT2D eigenvalue weighted by molar-refractivity contribution is 5.74. The number of hydrogen-bond acceptors (Lipinski definition) is 4. The van der Waals surface area contributed by atoms with Crippen LogP contribution in [0, 0.1) is 5.92 Å². The lowest BCUT2D eigenvalue weighted by molar-refractivity contribution is 0.161. The molecule has 2 fully saturated rings. The Balaban J connectivity index is 1.55. The van der Waals surface area contributed by atoms with Gasteiger partial charge in [0.25, 0.3) is 0 Å². The van der Waals surface area contributed by atoms with Crippen molar-refractivity contribution in [2.75, 3.05) is 45.9 Å². The van der Waals surface area contributed by atoms with Gasteiger partial charge in [-0.1, -0.05) is 0 Å². The molecule has 0 bridgehead atoms. The number of ether oxygens (including phenoxy) is 1. The zero-order chi connectivity index (χ0) is 16.8. The van der Waals surface area contributed by atoms with Crippen molar-refractivity contribution in [3.05, 3.63) is 24.2 Å². The van der Waals surface area contributed by atoms with Crippen LogP contribution in [0.25, 0.3) is 0 Å². The molecule has 0 aromatic carbocycles. The van der Waals surface area contributed by atoms with Crippen LogP contribution < -0.4 is 5.32 Å². The van der Waals surface area contributed by atoms with Crippen LogP contribution in [0.5, 0.6) is 0 Å². The molecule has 2 saturated heterocycles. The SMILES string of the molecule is CCN(CC1CCOC1)C(=O)NCC(c1ccco1)N1CCCC1. The number of hydrogen-bond donors (Lipinski definition) is 1. The van der Waals surface area contributed by atoms with Crippen LogP contribution in [-0.2, 0) is 4.74 Å². The van der Waals surface area contributed by atoms with E-state index in [1.54, 1.807) is 6.26 Å². The van der Waals surface area contributed by atoms with Crippen LogP contribution in [0.15, 0.2) is 22.8 Å². The molecule has 1 aromatic rings. The van der Waals surface area contributed by atoms with Gasteiger partial charge in [-0.2, -0.15) is 0 Å². The number of carbonyl (C=O) groups is 1. The number of furan rings is 1. The monoisotopic (exact) mass is 335 g/mol. The molecule has 2 amide bonds. The third-order valence-corrected chi connectivity index (χ3v) is 5.07. The van der Waals surface area contributed by atoms with Gasteiger partial charge in [-0.25, -0.2) is 4.79 Å². The van der Waals surface area contributed by atoms with E-state index in [0.717, 1.165) is 51.6 Å². The van der Waals surface area contributed by atoms with Gasteiger partial charge in [-0.15, -0.1) is 0 Å². The summed E-state index contributed by atoms with van der Waals surface area (Å²) in [5, 5.41) is 3.12. The first-order chi connectivity index (χ1) is 11.8. The number of nitrogens with one attached hydrogen (secondary N) is 1. The van der Waals surface area contributed by atoms with Crippen LogP contribution in [0.4, 0.5) is 4.79 Å². The van der Waals surface area contributed by atoms with Crippen LogP contribution >= 0.6 is 0 Å². The predicted molar refractivity (Wildman–Crippen MR) is 91.8 cm³/mol. The van der Waals surface area contributed by atoms with Crippen molar-refractivity contribution in [1.82, 2.24) is 15.1 Å². The Morgan fingerprint density at radius 3 is 2.92 bits per heavy atom. The van der Waals surface area contributed by atoms with Gasteiger partial charge in [-0.3, -0.25) is 4.90 Å². The molecular formula is C18H29N3O3. The van der Waals surface area contributed by atoms with Crippen molar-refractivity contribution < 1.29 is 13.9 Å². The summed E-state index contributed by atoms with van der Waals surface area (Å²) >= 11 is 0. The molecule has 0 radical (unpaired) electrons. The summed E-state index contributed by atoms with van der Waals surface area (Å²) in [6.45, 7) is 7.83. The summed E-state index contributed by atoms with van der Waals surface area (Å²) in [6.07, 6.45) is 5.19. The highest BCUT2D eigenvalue weighted by atomic mass is 16.5. The average molecular weight is 335 g/mol. The number of rotatable bonds is 7. The highest BCUT2D eigenvalue weighted by Gasteiger charge is 2.27. The number of nitrogens with zero attached hydrogens (tertiary/aromatic N) is 2. The zero-order valence-electron chi connectivity index (χ0n) is 14.6. The quantitative estimate of drug-likeness (QED) is 0.832. The summed E-state index contributed by atoms with van der Waals surface area (Å²) in [5.74, 6) is 1.40. The first-order valence-electron chi connectivity index (χ1n) is 9.16. The van der Waals surface area contributed by atoms with Crippen LogP contribution in [0.1, 0.15) is 38.0 Å². The molecule has 2 aliphatic heterocycles. The zero-order valence-corrected chi connectivity index (χ0v) is 14.6. The standard InChI is InChI=1S/C18H29N3O3/c1-2-20(13-15-7-11-23-14-15)18(22)19-12-16(17-6-5-10-24-17)21-8-3-4-9-21/h5-6,10,15-16H,2-4,7-9,11-14H2,1H3,(H,19,22). The predicted octanol–water partition coefficient (Wildman–Crippen LogP) is 2.48. The maximum atomic E-state index is 12.6. The normalized spacial score (nSPS) is 22.6. The van der Waals surface area contributed by atoms with Crippen molar-refractivity contribution in [1.29, 1.82) is 0 Å². The second kappa shape index (κ2) is 8.53. The molecular weight excluding hydrogens is 306 g/mol. The molecule has 2 atom stereocenters. The fourth-order valence-corrected chi connectivity index (χ4v) is 3.63. The minimum absolute atomic E-state index is 0.0140. The first kappa shape index (κ1) is 17.3. The molecule has 6 heteroatoms. The third-order valence-electron chi connectivity index (χ3n) is 5.07. The summed E-state index contributed by atoms with van der Waals surface area (Å²) < 4.78 is 11.0. The number of likely N-dealkylation sites (tertiary alicyclic amines) is 1. The Hall–Kier alpha value is -1.53. The fraction of sp³-hybridized carbons (Fsp3) is 0.722. The Labute approximate surface area is 144 Å². The molecule has 0 spiro atoms. The van der Waals surface area contributed by atoms with Crippen LogP contribution in [0.3, 0.4) is 0 Å². The van der Waals surface area contributed by atoms with Crippen LogP contribution in [0.2, 0.25) is 0 Å². The fourth-order valence-electron chi connectivity index (χ4n) is 3.63. The minimum atomic E-state index is 0.0140. The topological polar surface area (TPSA) is 58.0 Å². The van der Waals surface area contributed by atoms with Crippen molar-refractivity contribution >= 4 is 6.03 Å². The largest absolute Gasteiger partial charge is 0.468 e. The van der Waals surface area contributed by atoms with Crippen molar-refractivity contribution in [3.63, 3.8) is 0 Å². The summed E-state index contributed by atoms with van der Waals surface area (Å²) in [7, 11) is 0. The van der Waals surface area contributed by atoms with Gasteiger partial charge in [0.15, 0.2) is 0 Å². The number of carbonyl (C=O) groups excluding carboxylic acids is 1. The molecule has 0 saturated carbocycles. The molecule has 1 N–H and O–H groups in total. The van der Waals surface area contributed by atoms with Crippen molar-refractivity contribution in [2.24, 2.45) is 5.92 Å². The Morgan fingerprint density at radius 2 is 2.29 bits per heavy atom. The summed E-state index contributed by atoms with van der Waals surface area (Å²) in [5.41, 5.74) is 0. The maximum absolute atomic E-state index is 12.6. The molecule has 3 rings (SSSR count). The molecule has 3 heterocycles. The van der Waals surface area contributed by atoms with Crippen molar-refractivity contribution in [3.8, 4) is 0 Å². The minimum Gasteiger partial charge on any atom is -0.468 e. The van der Waals surface area contributed by atoms with Gasteiger partial charge < -0.3 is 19.4 Å². The second-order valence-electron chi connectivity index (χ2n) is 6.73. The highest BCUT2D eigenvalue weighted by Crippen LogP contribution is 2.25.